The highest BCUT2D eigenvalue weighted by Gasteiger charge is 2.14. The minimum absolute atomic E-state index is 0.121. The lowest BCUT2D eigenvalue weighted by Crippen LogP contribution is -2.22. The van der Waals surface area contributed by atoms with E-state index in [1.54, 1.807) is 6.07 Å². The number of hydrogen-bond acceptors (Lipinski definition) is 1. The third kappa shape index (κ3) is 3.98. The van der Waals surface area contributed by atoms with Crippen LogP contribution in [0.3, 0.4) is 0 Å². The van der Waals surface area contributed by atoms with E-state index in [1.807, 2.05) is 24.3 Å². The van der Waals surface area contributed by atoms with Crippen LogP contribution in [0.25, 0.3) is 0 Å². The van der Waals surface area contributed by atoms with Crippen molar-refractivity contribution in [2.75, 3.05) is 0 Å². The van der Waals surface area contributed by atoms with Crippen molar-refractivity contribution < 1.29 is 0 Å². The van der Waals surface area contributed by atoms with E-state index in [9.17, 15) is 0 Å². The Bertz CT molecular complexity index is 601. The second-order valence-corrected chi connectivity index (χ2v) is 6.59. The van der Waals surface area contributed by atoms with Crippen LogP contribution in [-0.4, -0.2) is 0 Å². The zero-order valence-corrected chi connectivity index (χ0v) is 14.4. The minimum atomic E-state index is 0.121. The summed E-state index contributed by atoms with van der Waals surface area (Å²) in [5.74, 6) is 0. The van der Waals surface area contributed by atoms with Gasteiger partial charge in [0, 0.05) is 26.6 Å². The zero-order chi connectivity index (χ0) is 14.7. The highest BCUT2D eigenvalue weighted by Crippen LogP contribution is 2.28. The van der Waals surface area contributed by atoms with Crippen molar-refractivity contribution in [2.45, 2.75) is 25.9 Å². The summed E-state index contributed by atoms with van der Waals surface area (Å²) in [6.07, 6.45) is 0. The van der Waals surface area contributed by atoms with Gasteiger partial charge < -0.3 is 5.32 Å². The Balaban J connectivity index is 2.15. The highest BCUT2D eigenvalue weighted by atomic mass is 79.9. The first-order valence-corrected chi connectivity index (χ1v) is 7.98. The summed E-state index contributed by atoms with van der Waals surface area (Å²) in [6.45, 7) is 4.22. The maximum absolute atomic E-state index is 6.24. The molecule has 0 aliphatic carbocycles. The fourth-order valence-electron chi connectivity index (χ4n) is 2.18. The van der Waals surface area contributed by atoms with Crippen LogP contribution in [0.1, 0.15) is 37.1 Å². The second kappa shape index (κ2) is 6.95. The molecule has 0 aliphatic rings. The molecule has 4 heteroatoms. The average molecular weight is 373 g/mol. The molecule has 1 N–H and O–H groups in total. The molecule has 2 rings (SSSR count). The van der Waals surface area contributed by atoms with Crippen LogP contribution in [0.2, 0.25) is 10.0 Å². The van der Waals surface area contributed by atoms with Crippen molar-refractivity contribution in [1.29, 1.82) is 0 Å². The third-order valence-corrected chi connectivity index (χ3v) is 4.35. The van der Waals surface area contributed by atoms with Gasteiger partial charge in [-0.15, -0.1) is 0 Å². The molecule has 0 aromatic heterocycles. The zero-order valence-electron chi connectivity index (χ0n) is 11.3. The smallest absolute Gasteiger partial charge is 0.0454 e. The molecular formula is C16H16BrCl2N. The van der Waals surface area contributed by atoms with Crippen molar-refractivity contribution >= 4 is 39.1 Å². The van der Waals surface area contributed by atoms with Crippen LogP contribution in [0.5, 0.6) is 0 Å². The van der Waals surface area contributed by atoms with E-state index in [1.165, 1.54) is 5.56 Å². The molecule has 0 heterocycles. The van der Waals surface area contributed by atoms with Gasteiger partial charge in [-0.2, -0.15) is 0 Å². The van der Waals surface area contributed by atoms with Crippen LogP contribution >= 0.6 is 39.1 Å². The van der Waals surface area contributed by atoms with E-state index in [0.29, 0.717) is 5.02 Å². The molecule has 0 saturated carbocycles. The van der Waals surface area contributed by atoms with Crippen molar-refractivity contribution in [3.63, 3.8) is 0 Å². The van der Waals surface area contributed by atoms with Gasteiger partial charge in [0.15, 0.2) is 0 Å². The summed E-state index contributed by atoms with van der Waals surface area (Å²) in [5, 5.41) is 4.98. The molecule has 2 aromatic carbocycles. The van der Waals surface area contributed by atoms with Gasteiger partial charge in [-0.05, 0) is 55.3 Å². The largest absolute Gasteiger partial charge is 0.304 e. The monoisotopic (exact) mass is 371 g/mol. The molecule has 2 atom stereocenters. The summed E-state index contributed by atoms with van der Waals surface area (Å²) in [5.41, 5.74) is 2.24. The van der Waals surface area contributed by atoms with E-state index in [2.05, 4.69) is 47.2 Å². The van der Waals surface area contributed by atoms with Crippen LogP contribution < -0.4 is 5.32 Å². The quantitative estimate of drug-likeness (QED) is 0.676. The normalized spacial score (nSPS) is 14.1. The standard InChI is InChI=1S/C16H16BrCl2N/c1-10(12-4-3-5-13(17)8-12)20-11(2)15-9-14(18)6-7-16(15)19/h3-11,20H,1-2H3. The van der Waals surface area contributed by atoms with Crippen molar-refractivity contribution in [2.24, 2.45) is 0 Å². The van der Waals surface area contributed by atoms with Crippen LogP contribution in [0.4, 0.5) is 0 Å². The fraction of sp³-hybridized carbons (Fsp3) is 0.250. The van der Waals surface area contributed by atoms with Gasteiger partial charge in [-0.25, -0.2) is 0 Å². The Kier molecular flexibility index (Phi) is 5.50. The SMILES string of the molecule is CC(NC(C)c1cc(Cl)ccc1Cl)c1cccc(Br)c1. The summed E-state index contributed by atoms with van der Waals surface area (Å²) in [4.78, 5) is 0. The molecule has 0 saturated heterocycles. The van der Waals surface area contributed by atoms with E-state index in [-0.39, 0.29) is 12.1 Å². The molecule has 0 bridgehead atoms. The van der Waals surface area contributed by atoms with Crippen molar-refractivity contribution in [3.8, 4) is 0 Å². The summed E-state index contributed by atoms with van der Waals surface area (Å²) in [7, 11) is 0. The van der Waals surface area contributed by atoms with E-state index in [4.69, 9.17) is 23.2 Å². The van der Waals surface area contributed by atoms with E-state index >= 15 is 0 Å². The molecule has 0 fully saturated rings. The Hall–Kier alpha value is -0.540. The Morgan fingerprint density at radius 2 is 1.75 bits per heavy atom. The lowest BCUT2D eigenvalue weighted by Gasteiger charge is -2.22. The molecule has 2 unspecified atom stereocenters. The number of rotatable bonds is 4. The molecule has 0 aliphatic heterocycles. The van der Waals surface area contributed by atoms with E-state index < -0.39 is 0 Å². The molecule has 0 spiro atoms. The van der Waals surface area contributed by atoms with Gasteiger partial charge in [0.25, 0.3) is 0 Å². The lowest BCUT2D eigenvalue weighted by molar-refractivity contribution is 0.494. The van der Waals surface area contributed by atoms with Gasteiger partial charge in [-0.3, -0.25) is 0 Å². The molecule has 20 heavy (non-hydrogen) atoms. The fourth-order valence-corrected chi connectivity index (χ4v) is 3.06. The first-order chi connectivity index (χ1) is 9.47. The molecule has 2 aromatic rings. The van der Waals surface area contributed by atoms with Gasteiger partial charge in [0.05, 0.1) is 0 Å². The third-order valence-electron chi connectivity index (χ3n) is 3.27. The van der Waals surface area contributed by atoms with Gasteiger partial charge in [0.1, 0.15) is 0 Å². The Morgan fingerprint density at radius 1 is 1.00 bits per heavy atom. The lowest BCUT2D eigenvalue weighted by atomic mass is 10.0. The van der Waals surface area contributed by atoms with Crippen LogP contribution in [0, 0.1) is 0 Å². The van der Waals surface area contributed by atoms with Crippen molar-refractivity contribution in [1.82, 2.24) is 5.32 Å². The molecule has 106 valence electrons. The molecular weight excluding hydrogens is 357 g/mol. The number of halogens is 3. The number of hydrogen-bond donors (Lipinski definition) is 1. The predicted molar refractivity (Wildman–Crippen MR) is 90.6 cm³/mol. The molecule has 0 amide bonds. The highest BCUT2D eigenvalue weighted by molar-refractivity contribution is 9.10. The maximum Gasteiger partial charge on any atom is 0.0454 e. The van der Waals surface area contributed by atoms with Gasteiger partial charge in [-0.1, -0.05) is 51.3 Å². The maximum atomic E-state index is 6.24. The summed E-state index contributed by atoms with van der Waals surface area (Å²) >= 11 is 15.8. The van der Waals surface area contributed by atoms with Gasteiger partial charge in [0.2, 0.25) is 0 Å². The van der Waals surface area contributed by atoms with Crippen LogP contribution in [-0.2, 0) is 0 Å². The minimum Gasteiger partial charge on any atom is -0.304 e. The topological polar surface area (TPSA) is 12.0 Å². The van der Waals surface area contributed by atoms with Crippen LogP contribution in [0.15, 0.2) is 46.9 Å². The second-order valence-electron chi connectivity index (χ2n) is 4.83. The first-order valence-electron chi connectivity index (χ1n) is 6.44. The molecule has 1 nitrogen and oxygen atoms in total. The Labute approximate surface area is 138 Å². The molecule has 0 radical (unpaired) electrons. The predicted octanol–water partition coefficient (Wildman–Crippen LogP) is 6.17. The average Bonchev–Trinajstić information content (AvgIpc) is 2.41. The van der Waals surface area contributed by atoms with E-state index in [0.717, 1.165) is 15.1 Å². The Morgan fingerprint density at radius 3 is 2.45 bits per heavy atom. The summed E-state index contributed by atoms with van der Waals surface area (Å²) in [6, 6.07) is 14.2. The van der Waals surface area contributed by atoms with Gasteiger partial charge >= 0.3 is 0 Å². The number of benzene rings is 2. The number of nitrogens with one attached hydrogen (secondary N) is 1. The van der Waals surface area contributed by atoms with Crippen molar-refractivity contribution in [3.05, 3.63) is 68.1 Å². The first kappa shape index (κ1) is 15.8. The summed E-state index contributed by atoms with van der Waals surface area (Å²) < 4.78 is 1.08.